The van der Waals surface area contributed by atoms with Crippen LogP contribution in [0.4, 0.5) is 0 Å². The highest BCUT2D eigenvalue weighted by atomic mass is 16.7. The summed E-state index contributed by atoms with van der Waals surface area (Å²) in [5, 5.41) is 83.3. The first kappa shape index (κ1) is 30.9. The van der Waals surface area contributed by atoms with Crippen LogP contribution in [0.3, 0.4) is 0 Å². The van der Waals surface area contributed by atoms with Crippen molar-refractivity contribution in [1.29, 1.82) is 0 Å². The minimum absolute atomic E-state index is 0.00698. The van der Waals surface area contributed by atoms with E-state index >= 15 is 0 Å². The van der Waals surface area contributed by atoms with E-state index in [0.717, 1.165) is 0 Å². The number of ether oxygens (including phenoxy) is 4. The van der Waals surface area contributed by atoms with Gasteiger partial charge in [0, 0.05) is 25.2 Å². The van der Waals surface area contributed by atoms with Crippen molar-refractivity contribution in [2.24, 2.45) is 17.2 Å². The summed E-state index contributed by atoms with van der Waals surface area (Å²) in [7, 11) is 0. The van der Waals surface area contributed by atoms with Crippen molar-refractivity contribution in [3.05, 3.63) is 0 Å². The summed E-state index contributed by atoms with van der Waals surface area (Å²) in [5.74, 6) is 0. The summed E-state index contributed by atoms with van der Waals surface area (Å²) in [6.45, 7) is 0.920. The lowest BCUT2D eigenvalue weighted by Crippen LogP contribution is -2.68. The highest BCUT2D eigenvalue weighted by molar-refractivity contribution is 5.01. The van der Waals surface area contributed by atoms with Gasteiger partial charge in [0.15, 0.2) is 12.6 Å². The summed E-state index contributed by atoms with van der Waals surface area (Å²) in [6.07, 6.45) is -16.7. The highest BCUT2D eigenvalue weighted by Crippen LogP contribution is 2.32. The molecule has 1 saturated carbocycles. The number of aliphatic hydroxyl groups excluding tert-OH is 8. The van der Waals surface area contributed by atoms with E-state index in [1.807, 2.05) is 0 Å². The van der Waals surface area contributed by atoms with Crippen molar-refractivity contribution in [3.63, 3.8) is 0 Å². The first-order valence-corrected chi connectivity index (χ1v) is 12.3. The van der Waals surface area contributed by atoms with Crippen molar-refractivity contribution < 1.29 is 59.8 Å². The van der Waals surface area contributed by atoms with Crippen molar-refractivity contribution in [2.45, 2.75) is 111 Å². The molecule has 218 valence electrons. The second kappa shape index (κ2) is 13.1. The SMILES string of the molecule is C[C@@H](O)[C@H]1O[C@H](O[C@H]2[C@H](O[C@@H]3O[C@H](CNC[C@@H](O)CO)[C@@H](O)[C@H]3O)[C@@H](O)[C@H](N)C[C@@H]2N)[C@H](N)[C@@H](O)[C@@H]1O. The Kier molecular flexibility index (Phi) is 11.0. The summed E-state index contributed by atoms with van der Waals surface area (Å²) >= 11 is 0. The first-order valence-electron chi connectivity index (χ1n) is 12.3. The molecule has 0 spiro atoms. The third kappa shape index (κ3) is 6.93. The number of hydrogen-bond acceptors (Lipinski definition) is 16. The number of rotatable bonds is 10. The van der Waals surface area contributed by atoms with Gasteiger partial charge in [0.25, 0.3) is 0 Å². The minimum atomic E-state index is -1.53. The topological polar surface area (TPSA) is 289 Å². The summed E-state index contributed by atoms with van der Waals surface area (Å²) in [6, 6.07) is -2.90. The monoisotopic (exact) mass is 542 g/mol. The van der Waals surface area contributed by atoms with E-state index in [0.29, 0.717) is 0 Å². The van der Waals surface area contributed by atoms with Crippen LogP contribution in [0.25, 0.3) is 0 Å². The lowest BCUT2D eigenvalue weighted by molar-refractivity contribution is -0.315. The Morgan fingerprint density at radius 3 is 2.11 bits per heavy atom. The quantitative estimate of drug-likeness (QED) is 0.122. The third-order valence-corrected chi connectivity index (χ3v) is 7.06. The van der Waals surface area contributed by atoms with Crippen LogP contribution in [0, 0.1) is 0 Å². The molecule has 0 aromatic rings. The average Bonchev–Trinajstić information content (AvgIpc) is 3.11. The van der Waals surface area contributed by atoms with Crippen LogP contribution in [0.15, 0.2) is 0 Å². The van der Waals surface area contributed by atoms with Gasteiger partial charge in [-0.1, -0.05) is 0 Å². The van der Waals surface area contributed by atoms with Crippen LogP contribution < -0.4 is 22.5 Å². The molecule has 37 heavy (non-hydrogen) atoms. The predicted octanol–water partition coefficient (Wildman–Crippen LogP) is -7.28. The second-order valence-corrected chi connectivity index (χ2v) is 10.0. The Bertz CT molecular complexity index is 712. The van der Waals surface area contributed by atoms with Gasteiger partial charge < -0.3 is 82.3 Å². The summed E-state index contributed by atoms with van der Waals surface area (Å²) in [4.78, 5) is 0. The van der Waals surface area contributed by atoms with E-state index in [1.54, 1.807) is 0 Å². The van der Waals surface area contributed by atoms with Crippen molar-refractivity contribution >= 4 is 0 Å². The normalized spacial score (nSPS) is 48.6. The minimum Gasteiger partial charge on any atom is -0.394 e. The van der Waals surface area contributed by atoms with Gasteiger partial charge in [-0.2, -0.15) is 0 Å². The maximum atomic E-state index is 10.8. The second-order valence-electron chi connectivity index (χ2n) is 10.0. The fraction of sp³-hybridized carbons (Fsp3) is 1.00. The molecule has 0 bridgehead atoms. The fourth-order valence-corrected chi connectivity index (χ4v) is 4.80. The van der Waals surface area contributed by atoms with Gasteiger partial charge in [0.05, 0.1) is 31.0 Å². The molecule has 0 amide bonds. The Hall–Kier alpha value is -0.640. The predicted molar refractivity (Wildman–Crippen MR) is 123 cm³/mol. The van der Waals surface area contributed by atoms with Crippen LogP contribution in [-0.4, -0.2) is 158 Å². The van der Waals surface area contributed by atoms with Crippen LogP contribution in [0.1, 0.15) is 13.3 Å². The van der Waals surface area contributed by atoms with Crippen molar-refractivity contribution in [2.75, 3.05) is 19.7 Å². The molecule has 16 heteroatoms. The molecule has 0 unspecified atom stereocenters. The fourth-order valence-electron chi connectivity index (χ4n) is 4.80. The van der Waals surface area contributed by atoms with Gasteiger partial charge in [0.1, 0.15) is 48.8 Å². The Labute approximate surface area is 213 Å². The van der Waals surface area contributed by atoms with E-state index in [-0.39, 0.29) is 19.5 Å². The van der Waals surface area contributed by atoms with Gasteiger partial charge in [-0.25, -0.2) is 0 Å². The summed E-state index contributed by atoms with van der Waals surface area (Å²) in [5.41, 5.74) is 18.3. The average molecular weight is 543 g/mol. The summed E-state index contributed by atoms with van der Waals surface area (Å²) < 4.78 is 23.0. The zero-order chi connectivity index (χ0) is 27.6. The van der Waals surface area contributed by atoms with Crippen molar-refractivity contribution in [3.8, 4) is 0 Å². The molecular weight excluding hydrogens is 500 g/mol. The highest BCUT2D eigenvalue weighted by Gasteiger charge is 2.52. The molecule has 0 aromatic heterocycles. The molecular formula is C21H42N4O12. The van der Waals surface area contributed by atoms with E-state index in [1.165, 1.54) is 6.92 Å². The molecule has 0 radical (unpaired) electrons. The molecule has 2 heterocycles. The van der Waals surface area contributed by atoms with Crippen molar-refractivity contribution in [1.82, 2.24) is 5.32 Å². The Morgan fingerprint density at radius 1 is 0.838 bits per heavy atom. The maximum absolute atomic E-state index is 10.8. The first-order chi connectivity index (χ1) is 17.4. The van der Waals surface area contributed by atoms with Gasteiger partial charge in [0.2, 0.25) is 0 Å². The van der Waals surface area contributed by atoms with Crippen LogP contribution in [-0.2, 0) is 18.9 Å². The molecule has 2 saturated heterocycles. The number of aliphatic hydroxyl groups is 8. The van der Waals surface area contributed by atoms with Gasteiger partial charge in [-0.3, -0.25) is 0 Å². The Morgan fingerprint density at radius 2 is 1.49 bits per heavy atom. The molecule has 3 aliphatic rings. The van der Waals surface area contributed by atoms with E-state index in [9.17, 15) is 35.7 Å². The van der Waals surface area contributed by atoms with Gasteiger partial charge >= 0.3 is 0 Å². The molecule has 15 N–H and O–H groups in total. The molecule has 16 nitrogen and oxygen atoms in total. The number of hydrogen-bond donors (Lipinski definition) is 12. The standard InChI is InChI=1S/C21H42N4O12/c1-6(27)17-15(32)14(31)11(24)20(35-17)36-18-9(23)2-8(22)12(29)19(18)37-21-16(33)13(30)10(34-21)4-25-3-7(28)5-26/h6-21,25-33H,2-5,22-24H2,1H3/t6-,7-,8-,9+,10-,11-,12+,13-,14-,15+,16-,17-,18-,19-,20-,21+/m1/s1. The molecule has 2 aliphatic heterocycles. The zero-order valence-electron chi connectivity index (χ0n) is 20.5. The molecule has 1 aliphatic carbocycles. The van der Waals surface area contributed by atoms with Crippen LogP contribution >= 0.6 is 0 Å². The van der Waals surface area contributed by atoms with E-state index < -0.39 is 104 Å². The van der Waals surface area contributed by atoms with Crippen LogP contribution in [0.5, 0.6) is 0 Å². The van der Waals surface area contributed by atoms with Gasteiger partial charge in [-0.05, 0) is 13.3 Å². The number of nitrogens with two attached hydrogens (primary N) is 3. The number of nitrogens with one attached hydrogen (secondary N) is 1. The lowest BCUT2D eigenvalue weighted by Gasteiger charge is -2.47. The smallest absolute Gasteiger partial charge is 0.187 e. The molecule has 16 atom stereocenters. The zero-order valence-corrected chi connectivity index (χ0v) is 20.5. The van der Waals surface area contributed by atoms with E-state index in [2.05, 4.69) is 5.32 Å². The Balaban J connectivity index is 1.72. The van der Waals surface area contributed by atoms with Crippen LogP contribution in [0.2, 0.25) is 0 Å². The lowest BCUT2D eigenvalue weighted by atomic mass is 9.84. The molecule has 0 aromatic carbocycles. The largest absolute Gasteiger partial charge is 0.394 e. The third-order valence-electron chi connectivity index (χ3n) is 7.06. The molecule has 3 fully saturated rings. The maximum Gasteiger partial charge on any atom is 0.187 e. The van der Waals surface area contributed by atoms with E-state index in [4.69, 9.17) is 41.3 Å². The molecule has 3 rings (SSSR count). The van der Waals surface area contributed by atoms with Gasteiger partial charge in [-0.15, -0.1) is 0 Å².